The van der Waals surface area contributed by atoms with Gasteiger partial charge in [0.1, 0.15) is 0 Å². The Morgan fingerprint density at radius 3 is 2.47 bits per heavy atom. The van der Waals surface area contributed by atoms with Gasteiger partial charge in [0.15, 0.2) is 0 Å². The van der Waals surface area contributed by atoms with E-state index in [1.54, 1.807) is 18.2 Å². The number of sulfonamides is 1. The molecule has 0 aliphatic heterocycles. The van der Waals surface area contributed by atoms with Crippen LogP contribution >= 0.6 is 0 Å². The van der Waals surface area contributed by atoms with E-state index in [0.29, 0.717) is 0 Å². The van der Waals surface area contributed by atoms with Crippen LogP contribution in [-0.4, -0.2) is 24.5 Å². The van der Waals surface area contributed by atoms with Crippen LogP contribution in [0.5, 0.6) is 0 Å². The summed E-state index contributed by atoms with van der Waals surface area (Å²) in [5, 5.41) is 8.81. The molecule has 6 nitrogen and oxygen atoms in total. The summed E-state index contributed by atoms with van der Waals surface area (Å²) in [7, 11) is -3.74. The Morgan fingerprint density at radius 2 is 1.84 bits per heavy atom. The van der Waals surface area contributed by atoms with Crippen molar-refractivity contribution in [3.63, 3.8) is 0 Å². The molecule has 0 radical (unpaired) electrons. The molecule has 2 N–H and O–H groups in total. The highest BCUT2D eigenvalue weighted by atomic mass is 32.2. The first-order valence-electron chi connectivity index (χ1n) is 5.25. The highest BCUT2D eigenvalue weighted by Gasteiger charge is 2.14. The lowest BCUT2D eigenvalue weighted by Crippen LogP contribution is -2.13. The molecule has 1 heterocycles. The minimum atomic E-state index is -3.74. The number of nitrogens with one attached hydrogen (secondary N) is 1. The number of benzene rings is 1. The van der Waals surface area contributed by atoms with Crippen molar-refractivity contribution in [3.05, 3.63) is 54.4 Å². The third-order valence-corrected chi connectivity index (χ3v) is 3.69. The molecule has 2 aromatic rings. The Bertz CT molecular complexity index is 699. The van der Waals surface area contributed by atoms with Gasteiger partial charge in [-0.1, -0.05) is 18.2 Å². The van der Waals surface area contributed by atoms with Crippen molar-refractivity contribution < 1.29 is 18.3 Å². The molecule has 0 bridgehead atoms. The quantitative estimate of drug-likeness (QED) is 0.885. The molecule has 19 heavy (non-hydrogen) atoms. The van der Waals surface area contributed by atoms with Crippen molar-refractivity contribution in [1.29, 1.82) is 0 Å². The van der Waals surface area contributed by atoms with Gasteiger partial charge in [0.25, 0.3) is 10.0 Å². The maximum absolute atomic E-state index is 12.0. The van der Waals surface area contributed by atoms with Crippen LogP contribution in [0.25, 0.3) is 0 Å². The Balaban J connectivity index is 2.31. The zero-order chi connectivity index (χ0) is 13.9. The van der Waals surface area contributed by atoms with Gasteiger partial charge in [0, 0.05) is 6.20 Å². The lowest BCUT2D eigenvalue weighted by atomic mass is 10.3. The van der Waals surface area contributed by atoms with Gasteiger partial charge in [-0.05, 0) is 18.2 Å². The van der Waals surface area contributed by atoms with E-state index in [0.717, 1.165) is 6.20 Å². The second-order valence-corrected chi connectivity index (χ2v) is 5.37. The van der Waals surface area contributed by atoms with Crippen molar-refractivity contribution in [2.75, 3.05) is 4.72 Å². The van der Waals surface area contributed by atoms with E-state index >= 15 is 0 Å². The summed E-state index contributed by atoms with van der Waals surface area (Å²) in [6, 6.07) is 8.98. The SMILES string of the molecule is O=C(O)c1cncc(NS(=O)(=O)c2ccccc2)c1. The maximum Gasteiger partial charge on any atom is 0.337 e. The van der Waals surface area contributed by atoms with E-state index in [-0.39, 0.29) is 16.1 Å². The van der Waals surface area contributed by atoms with Crippen LogP contribution in [-0.2, 0) is 10.0 Å². The van der Waals surface area contributed by atoms with E-state index in [2.05, 4.69) is 9.71 Å². The Labute approximate surface area is 109 Å². The molecule has 1 aromatic heterocycles. The van der Waals surface area contributed by atoms with Crippen LogP contribution in [0.2, 0.25) is 0 Å². The minimum Gasteiger partial charge on any atom is -0.478 e. The predicted octanol–water partition coefficient (Wildman–Crippen LogP) is 1.58. The van der Waals surface area contributed by atoms with Crippen LogP contribution < -0.4 is 4.72 Å². The Hall–Kier alpha value is -2.41. The molecule has 0 saturated heterocycles. The number of hydrogen-bond donors (Lipinski definition) is 2. The van der Waals surface area contributed by atoms with Gasteiger partial charge in [-0.15, -0.1) is 0 Å². The summed E-state index contributed by atoms with van der Waals surface area (Å²) in [6.45, 7) is 0. The first kappa shape index (κ1) is 13.0. The lowest BCUT2D eigenvalue weighted by molar-refractivity contribution is 0.0696. The van der Waals surface area contributed by atoms with Gasteiger partial charge in [0.2, 0.25) is 0 Å². The monoisotopic (exact) mass is 278 g/mol. The first-order chi connectivity index (χ1) is 8.99. The largest absolute Gasteiger partial charge is 0.478 e. The molecule has 7 heteroatoms. The minimum absolute atomic E-state index is 0.0896. The van der Waals surface area contributed by atoms with Crippen molar-refractivity contribution >= 4 is 21.7 Å². The normalized spacial score (nSPS) is 10.9. The summed E-state index contributed by atoms with van der Waals surface area (Å²) in [4.78, 5) is 14.5. The van der Waals surface area contributed by atoms with Crippen molar-refractivity contribution in [2.45, 2.75) is 4.90 Å². The molecule has 0 amide bonds. The summed E-state index contributed by atoms with van der Waals surface area (Å²) >= 11 is 0. The number of aromatic carboxylic acids is 1. The maximum atomic E-state index is 12.0. The summed E-state index contributed by atoms with van der Waals surface area (Å²) < 4.78 is 26.3. The third kappa shape index (κ3) is 3.08. The molecule has 0 aliphatic rings. The Morgan fingerprint density at radius 1 is 1.16 bits per heavy atom. The molecular formula is C12H10N2O4S. The summed E-state index contributed by atoms with van der Waals surface area (Å²) in [6.07, 6.45) is 2.38. The number of hydrogen-bond acceptors (Lipinski definition) is 4. The fraction of sp³-hybridized carbons (Fsp3) is 0. The molecule has 0 saturated carbocycles. The molecule has 98 valence electrons. The molecule has 0 spiro atoms. The highest BCUT2D eigenvalue weighted by Crippen LogP contribution is 2.15. The van der Waals surface area contributed by atoms with Crippen LogP contribution in [0.1, 0.15) is 10.4 Å². The standard InChI is InChI=1S/C12H10N2O4S/c15-12(16)9-6-10(8-13-7-9)14-19(17,18)11-4-2-1-3-5-11/h1-8,14H,(H,15,16). The van der Waals surface area contributed by atoms with Crippen molar-refractivity contribution in [2.24, 2.45) is 0 Å². The zero-order valence-electron chi connectivity index (χ0n) is 9.65. The first-order valence-corrected chi connectivity index (χ1v) is 6.73. The van der Waals surface area contributed by atoms with Gasteiger partial charge >= 0.3 is 5.97 Å². The lowest BCUT2D eigenvalue weighted by Gasteiger charge is -2.07. The molecule has 1 aromatic carbocycles. The van der Waals surface area contributed by atoms with Crippen LogP contribution in [0, 0.1) is 0 Å². The highest BCUT2D eigenvalue weighted by molar-refractivity contribution is 7.92. The van der Waals surface area contributed by atoms with Crippen LogP contribution in [0.15, 0.2) is 53.7 Å². The van der Waals surface area contributed by atoms with E-state index < -0.39 is 16.0 Å². The summed E-state index contributed by atoms with van der Waals surface area (Å²) in [5.74, 6) is -1.17. The average Bonchev–Trinajstić information content (AvgIpc) is 2.39. The molecule has 0 atom stereocenters. The molecule has 0 unspecified atom stereocenters. The number of carboxylic acids is 1. The molecule has 0 fully saturated rings. The second-order valence-electron chi connectivity index (χ2n) is 3.69. The van der Waals surface area contributed by atoms with E-state index in [1.807, 2.05) is 0 Å². The average molecular weight is 278 g/mol. The number of rotatable bonds is 4. The topological polar surface area (TPSA) is 96.4 Å². The van der Waals surface area contributed by atoms with Gasteiger partial charge in [-0.2, -0.15) is 0 Å². The molecular weight excluding hydrogens is 268 g/mol. The second kappa shape index (κ2) is 5.07. The number of carboxylic acid groups (broad SMARTS) is 1. The van der Waals surface area contributed by atoms with Gasteiger partial charge in [0.05, 0.1) is 22.3 Å². The van der Waals surface area contributed by atoms with Crippen LogP contribution in [0.3, 0.4) is 0 Å². The van der Waals surface area contributed by atoms with Crippen molar-refractivity contribution in [3.8, 4) is 0 Å². The third-order valence-electron chi connectivity index (χ3n) is 2.29. The van der Waals surface area contributed by atoms with Crippen LogP contribution in [0.4, 0.5) is 5.69 Å². The number of pyridine rings is 1. The molecule has 0 aliphatic carbocycles. The number of carbonyl (C=O) groups is 1. The number of nitrogens with zero attached hydrogens (tertiary/aromatic N) is 1. The van der Waals surface area contributed by atoms with E-state index in [9.17, 15) is 13.2 Å². The fourth-order valence-corrected chi connectivity index (χ4v) is 2.48. The van der Waals surface area contributed by atoms with E-state index in [4.69, 9.17) is 5.11 Å². The van der Waals surface area contributed by atoms with Gasteiger partial charge in [-0.3, -0.25) is 9.71 Å². The van der Waals surface area contributed by atoms with Gasteiger partial charge < -0.3 is 5.11 Å². The molecule has 2 rings (SSSR count). The number of aromatic nitrogens is 1. The zero-order valence-corrected chi connectivity index (χ0v) is 10.5. The fourth-order valence-electron chi connectivity index (χ4n) is 1.43. The predicted molar refractivity (Wildman–Crippen MR) is 68.4 cm³/mol. The smallest absolute Gasteiger partial charge is 0.337 e. The van der Waals surface area contributed by atoms with Crippen molar-refractivity contribution in [1.82, 2.24) is 4.98 Å². The number of anilines is 1. The van der Waals surface area contributed by atoms with Gasteiger partial charge in [-0.25, -0.2) is 13.2 Å². The Kier molecular flexibility index (Phi) is 3.48. The van der Waals surface area contributed by atoms with E-state index in [1.165, 1.54) is 24.4 Å². The summed E-state index contributed by atoms with van der Waals surface area (Å²) in [5.41, 5.74) is 0.0111.